The second-order valence-electron chi connectivity index (χ2n) is 4.90. The predicted molar refractivity (Wildman–Crippen MR) is 75.3 cm³/mol. The maximum Gasteiger partial charge on any atom is 0.135 e. The highest BCUT2D eigenvalue weighted by atomic mass is 15.0. The van der Waals surface area contributed by atoms with Crippen molar-refractivity contribution in [2.45, 2.75) is 32.1 Å². The summed E-state index contributed by atoms with van der Waals surface area (Å²) in [6.07, 6.45) is 9.05. The molecule has 1 N–H and O–H groups in total. The number of rotatable bonds is 3. The molecule has 0 saturated heterocycles. The summed E-state index contributed by atoms with van der Waals surface area (Å²) < 4.78 is 0. The molecule has 2 heterocycles. The Balaban J connectivity index is 1.94. The Bertz CT molecular complexity index is 549. The monoisotopic (exact) mass is 254 g/mol. The number of fused-ring (bicyclic) bond motifs is 1. The molecule has 0 amide bonds. The maximum absolute atomic E-state index is 4.75. The lowest BCUT2D eigenvalue weighted by atomic mass is 9.96. The van der Waals surface area contributed by atoms with Crippen LogP contribution in [0.4, 0.5) is 5.82 Å². The van der Waals surface area contributed by atoms with E-state index in [-0.39, 0.29) is 0 Å². The van der Waals surface area contributed by atoms with Crippen LogP contribution in [0.15, 0.2) is 24.5 Å². The number of nitrogens with zero attached hydrogens (tertiary/aromatic N) is 3. The molecule has 2 aromatic heterocycles. The Labute approximate surface area is 113 Å². The van der Waals surface area contributed by atoms with Gasteiger partial charge in [0.15, 0.2) is 0 Å². The second kappa shape index (κ2) is 5.34. The zero-order chi connectivity index (χ0) is 13.1. The van der Waals surface area contributed by atoms with Gasteiger partial charge in [-0.1, -0.05) is 0 Å². The lowest BCUT2D eigenvalue weighted by molar-refractivity contribution is 0.657. The van der Waals surface area contributed by atoms with Gasteiger partial charge in [-0.05, 0) is 43.4 Å². The van der Waals surface area contributed by atoms with Crippen molar-refractivity contribution in [3.05, 3.63) is 47.2 Å². The average molecular weight is 254 g/mol. The molecule has 98 valence electrons. The van der Waals surface area contributed by atoms with Crippen LogP contribution in [0.25, 0.3) is 0 Å². The van der Waals surface area contributed by atoms with E-state index in [0.29, 0.717) is 0 Å². The summed E-state index contributed by atoms with van der Waals surface area (Å²) in [5.74, 6) is 1.91. The molecule has 0 atom stereocenters. The first-order valence-electron chi connectivity index (χ1n) is 6.82. The number of hydrogen-bond donors (Lipinski definition) is 1. The molecule has 4 nitrogen and oxygen atoms in total. The molecular weight excluding hydrogens is 236 g/mol. The van der Waals surface area contributed by atoms with Gasteiger partial charge in [0.1, 0.15) is 11.6 Å². The number of nitrogens with one attached hydrogen (secondary N) is 1. The van der Waals surface area contributed by atoms with Crippen molar-refractivity contribution in [1.82, 2.24) is 15.0 Å². The number of anilines is 1. The Morgan fingerprint density at radius 3 is 2.68 bits per heavy atom. The standard InChI is InChI=1S/C15H18N4/c1-16-15-12-4-2-3-5-13(12)18-14(19-15)10-11-6-8-17-9-7-11/h6-9H,2-5,10H2,1H3,(H,16,18,19). The van der Waals surface area contributed by atoms with Crippen molar-refractivity contribution < 1.29 is 0 Å². The minimum Gasteiger partial charge on any atom is -0.373 e. The van der Waals surface area contributed by atoms with Gasteiger partial charge in [-0.25, -0.2) is 9.97 Å². The minimum atomic E-state index is 0.768. The molecule has 0 saturated carbocycles. The van der Waals surface area contributed by atoms with Crippen molar-refractivity contribution in [2.75, 3.05) is 12.4 Å². The average Bonchev–Trinajstić information content (AvgIpc) is 2.47. The Morgan fingerprint density at radius 1 is 1.11 bits per heavy atom. The molecule has 3 rings (SSSR count). The van der Waals surface area contributed by atoms with Gasteiger partial charge in [0.2, 0.25) is 0 Å². The van der Waals surface area contributed by atoms with Gasteiger partial charge in [-0.3, -0.25) is 4.98 Å². The molecule has 0 bridgehead atoms. The molecule has 0 aromatic carbocycles. The summed E-state index contributed by atoms with van der Waals surface area (Å²) in [5.41, 5.74) is 3.75. The maximum atomic E-state index is 4.75. The van der Waals surface area contributed by atoms with Gasteiger partial charge >= 0.3 is 0 Å². The highest BCUT2D eigenvalue weighted by molar-refractivity contribution is 5.47. The molecule has 0 fully saturated rings. The van der Waals surface area contributed by atoms with E-state index < -0.39 is 0 Å². The van der Waals surface area contributed by atoms with Crippen molar-refractivity contribution in [3.63, 3.8) is 0 Å². The third-order valence-corrected chi connectivity index (χ3v) is 3.58. The van der Waals surface area contributed by atoms with Crippen LogP contribution >= 0.6 is 0 Å². The summed E-state index contributed by atoms with van der Waals surface area (Å²) in [6, 6.07) is 4.03. The molecule has 0 aliphatic heterocycles. The molecule has 1 aliphatic carbocycles. The Morgan fingerprint density at radius 2 is 1.89 bits per heavy atom. The van der Waals surface area contributed by atoms with Crippen LogP contribution in [0.2, 0.25) is 0 Å². The number of aryl methyl sites for hydroxylation is 1. The van der Waals surface area contributed by atoms with Crippen LogP contribution in [-0.4, -0.2) is 22.0 Å². The van der Waals surface area contributed by atoms with E-state index in [9.17, 15) is 0 Å². The molecular formula is C15H18N4. The molecule has 1 aliphatic rings. The van der Waals surface area contributed by atoms with Crippen LogP contribution in [0.5, 0.6) is 0 Å². The Hall–Kier alpha value is -1.97. The first-order valence-corrected chi connectivity index (χ1v) is 6.82. The summed E-state index contributed by atoms with van der Waals surface area (Å²) in [5, 5.41) is 3.22. The fourth-order valence-electron chi connectivity index (χ4n) is 2.61. The lowest BCUT2D eigenvalue weighted by Gasteiger charge is -2.18. The largest absolute Gasteiger partial charge is 0.373 e. The molecule has 2 aromatic rings. The zero-order valence-electron chi connectivity index (χ0n) is 11.2. The topological polar surface area (TPSA) is 50.7 Å². The van der Waals surface area contributed by atoms with E-state index in [4.69, 9.17) is 4.98 Å². The zero-order valence-corrected chi connectivity index (χ0v) is 11.2. The van der Waals surface area contributed by atoms with E-state index in [1.165, 1.54) is 29.7 Å². The van der Waals surface area contributed by atoms with Crippen LogP contribution in [-0.2, 0) is 19.3 Å². The number of pyridine rings is 1. The van der Waals surface area contributed by atoms with Gasteiger partial charge in [0, 0.05) is 37.1 Å². The smallest absolute Gasteiger partial charge is 0.135 e. The van der Waals surface area contributed by atoms with E-state index in [1.807, 2.05) is 31.6 Å². The SMILES string of the molecule is CNc1nc(Cc2ccncc2)nc2c1CCCC2. The normalized spacial score (nSPS) is 13.9. The lowest BCUT2D eigenvalue weighted by Crippen LogP contribution is -2.13. The molecule has 0 radical (unpaired) electrons. The van der Waals surface area contributed by atoms with Crippen LogP contribution < -0.4 is 5.32 Å². The first-order chi connectivity index (χ1) is 9.36. The van der Waals surface area contributed by atoms with Gasteiger partial charge in [0.25, 0.3) is 0 Å². The van der Waals surface area contributed by atoms with Crippen molar-refractivity contribution >= 4 is 5.82 Å². The van der Waals surface area contributed by atoms with Gasteiger partial charge in [-0.15, -0.1) is 0 Å². The first kappa shape index (κ1) is 12.1. The van der Waals surface area contributed by atoms with Gasteiger partial charge < -0.3 is 5.32 Å². The summed E-state index contributed by atoms with van der Waals surface area (Å²) >= 11 is 0. The van der Waals surface area contributed by atoms with E-state index in [2.05, 4.69) is 15.3 Å². The van der Waals surface area contributed by atoms with E-state index in [1.54, 1.807) is 0 Å². The summed E-state index contributed by atoms with van der Waals surface area (Å²) in [7, 11) is 1.94. The minimum absolute atomic E-state index is 0.768. The van der Waals surface area contributed by atoms with E-state index >= 15 is 0 Å². The predicted octanol–water partition coefficient (Wildman–Crippen LogP) is 2.38. The third-order valence-electron chi connectivity index (χ3n) is 3.58. The summed E-state index contributed by atoms with van der Waals surface area (Å²) in [4.78, 5) is 13.4. The van der Waals surface area contributed by atoms with Crippen LogP contribution in [0, 0.1) is 0 Å². The molecule has 0 spiro atoms. The molecule has 19 heavy (non-hydrogen) atoms. The van der Waals surface area contributed by atoms with Crippen LogP contribution in [0.1, 0.15) is 35.5 Å². The molecule has 0 unspecified atom stereocenters. The fraction of sp³-hybridized carbons (Fsp3) is 0.400. The van der Waals surface area contributed by atoms with Gasteiger partial charge in [0.05, 0.1) is 0 Å². The highest BCUT2D eigenvalue weighted by Crippen LogP contribution is 2.25. The number of hydrogen-bond acceptors (Lipinski definition) is 4. The summed E-state index contributed by atoms with van der Waals surface area (Å²) in [6.45, 7) is 0. The van der Waals surface area contributed by atoms with Crippen LogP contribution in [0.3, 0.4) is 0 Å². The van der Waals surface area contributed by atoms with Crippen molar-refractivity contribution in [1.29, 1.82) is 0 Å². The van der Waals surface area contributed by atoms with Crippen molar-refractivity contribution in [2.24, 2.45) is 0 Å². The Kier molecular flexibility index (Phi) is 3.40. The second-order valence-corrected chi connectivity index (χ2v) is 4.90. The van der Waals surface area contributed by atoms with Crippen molar-refractivity contribution in [3.8, 4) is 0 Å². The fourth-order valence-corrected chi connectivity index (χ4v) is 2.61. The van der Waals surface area contributed by atoms with E-state index in [0.717, 1.165) is 30.9 Å². The molecule has 4 heteroatoms. The quantitative estimate of drug-likeness (QED) is 0.913. The highest BCUT2D eigenvalue weighted by Gasteiger charge is 2.17. The van der Waals surface area contributed by atoms with Gasteiger partial charge in [-0.2, -0.15) is 0 Å². The third kappa shape index (κ3) is 2.57. The number of aromatic nitrogens is 3.